The average molecular weight is 416 g/mol. The highest BCUT2D eigenvalue weighted by Crippen LogP contribution is 2.35. The number of carboxylic acid groups (broad SMARTS) is 1. The predicted octanol–water partition coefficient (Wildman–Crippen LogP) is 3.85. The molecule has 0 saturated heterocycles. The predicted molar refractivity (Wildman–Crippen MR) is 109 cm³/mol. The molecule has 0 spiro atoms. The molecule has 1 aliphatic heterocycles. The number of carbonyl (C=O) groups is 2. The number of hydrogen-bond donors (Lipinski definition) is 2. The molecule has 30 heavy (non-hydrogen) atoms. The second kappa shape index (κ2) is 8.77. The fraction of sp³-hybridized carbons (Fsp3) is 0.500. The number of aliphatic carboxylic acids is 1. The molecular formula is C22H28N2O6. The Hall–Kier alpha value is -3.03. The Morgan fingerprint density at radius 3 is 2.67 bits per heavy atom. The highest BCUT2D eigenvalue weighted by molar-refractivity contribution is 5.89. The van der Waals surface area contributed by atoms with Crippen LogP contribution in [0, 0.1) is 0 Å². The number of esters is 1. The lowest BCUT2D eigenvalue weighted by Crippen LogP contribution is -2.25. The summed E-state index contributed by atoms with van der Waals surface area (Å²) in [4.78, 5) is 32.4. The summed E-state index contributed by atoms with van der Waals surface area (Å²) in [6, 6.07) is 5.07. The lowest BCUT2D eigenvalue weighted by molar-refractivity contribution is -0.138. The number of aryl methyl sites for hydroxylation is 1. The Morgan fingerprint density at radius 1 is 1.27 bits per heavy atom. The maximum absolute atomic E-state index is 12.7. The maximum Gasteiger partial charge on any atom is 0.359 e. The molecule has 1 atom stereocenters. The molecule has 8 nitrogen and oxygen atoms in total. The Balaban J connectivity index is 1.92. The fourth-order valence-corrected chi connectivity index (χ4v) is 3.25. The monoisotopic (exact) mass is 416 g/mol. The number of carbonyl (C=O) groups excluding carboxylic acids is 1. The SMILES string of the molecule is CCCCc1nc(C(=O)OC(C)(C)C)c(CC(C(=O)O)c2ccc3c(c2)OCO3)[nH]1. The third-order valence-corrected chi connectivity index (χ3v) is 4.69. The van der Waals surface area contributed by atoms with Gasteiger partial charge < -0.3 is 24.3 Å². The number of unbranched alkanes of at least 4 members (excludes halogenated alkanes) is 1. The number of nitrogens with one attached hydrogen (secondary N) is 1. The number of ether oxygens (including phenoxy) is 3. The van der Waals surface area contributed by atoms with Crippen molar-refractivity contribution in [1.29, 1.82) is 0 Å². The molecule has 3 rings (SSSR count). The first kappa shape index (κ1) is 21.7. The van der Waals surface area contributed by atoms with Crippen LogP contribution in [0.25, 0.3) is 0 Å². The van der Waals surface area contributed by atoms with Crippen LogP contribution in [0.2, 0.25) is 0 Å². The largest absolute Gasteiger partial charge is 0.481 e. The molecule has 8 heteroatoms. The standard InChI is InChI=1S/C22H28N2O6/c1-5-6-7-18-23-15(19(24-18)21(27)30-22(2,3)4)11-14(20(25)26)13-8-9-16-17(10-13)29-12-28-16/h8-10,14H,5-7,11-12H2,1-4H3,(H,23,24)(H,25,26). The summed E-state index contributed by atoms with van der Waals surface area (Å²) in [6.07, 6.45) is 2.63. The van der Waals surface area contributed by atoms with Crippen LogP contribution in [-0.2, 0) is 22.4 Å². The number of H-pyrrole nitrogens is 1. The van der Waals surface area contributed by atoms with Crippen molar-refractivity contribution in [3.05, 3.63) is 41.0 Å². The van der Waals surface area contributed by atoms with E-state index in [0.717, 1.165) is 12.8 Å². The molecule has 2 heterocycles. The average Bonchev–Trinajstić information content (AvgIpc) is 3.28. The van der Waals surface area contributed by atoms with Gasteiger partial charge in [0.25, 0.3) is 0 Å². The number of aromatic amines is 1. The molecule has 1 aromatic heterocycles. The molecule has 0 fully saturated rings. The van der Waals surface area contributed by atoms with Gasteiger partial charge in [0.2, 0.25) is 6.79 Å². The number of hydrogen-bond acceptors (Lipinski definition) is 6. The van der Waals surface area contributed by atoms with E-state index in [0.29, 0.717) is 35.0 Å². The van der Waals surface area contributed by atoms with Gasteiger partial charge in [-0.2, -0.15) is 0 Å². The lowest BCUT2D eigenvalue weighted by atomic mass is 9.93. The van der Waals surface area contributed by atoms with Crippen molar-refractivity contribution in [3.63, 3.8) is 0 Å². The molecule has 0 saturated carbocycles. The van der Waals surface area contributed by atoms with Gasteiger partial charge in [-0.15, -0.1) is 0 Å². The molecular weight excluding hydrogens is 388 g/mol. The Labute approximate surface area is 175 Å². The van der Waals surface area contributed by atoms with Crippen molar-refractivity contribution in [1.82, 2.24) is 9.97 Å². The zero-order chi connectivity index (χ0) is 21.9. The van der Waals surface area contributed by atoms with Crippen LogP contribution in [0.1, 0.15) is 74.0 Å². The van der Waals surface area contributed by atoms with Crippen molar-refractivity contribution in [2.75, 3.05) is 6.79 Å². The number of carboxylic acids is 1. The third kappa shape index (κ3) is 5.11. The van der Waals surface area contributed by atoms with Gasteiger partial charge in [0.1, 0.15) is 11.4 Å². The van der Waals surface area contributed by atoms with E-state index in [-0.39, 0.29) is 18.9 Å². The number of nitrogens with zero attached hydrogens (tertiary/aromatic N) is 1. The highest BCUT2D eigenvalue weighted by Gasteiger charge is 2.29. The molecule has 1 aliphatic rings. The van der Waals surface area contributed by atoms with E-state index in [1.54, 1.807) is 39.0 Å². The summed E-state index contributed by atoms with van der Waals surface area (Å²) < 4.78 is 16.2. The van der Waals surface area contributed by atoms with Gasteiger partial charge in [-0.3, -0.25) is 4.79 Å². The summed E-state index contributed by atoms with van der Waals surface area (Å²) in [6.45, 7) is 7.52. The number of imidazole rings is 1. The summed E-state index contributed by atoms with van der Waals surface area (Å²) in [5, 5.41) is 9.88. The topological polar surface area (TPSA) is 111 Å². The molecule has 2 aromatic rings. The highest BCUT2D eigenvalue weighted by atomic mass is 16.7. The zero-order valence-corrected chi connectivity index (χ0v) is 17.8. The van der Waals surface area contributed by atoms with Gasteiger partial charge in [-0.05, 0) is 44.9 Å². The van der Waals surface area contributed by atoms with Crippen LogP contribution in [0.5, 0.6) is 11.5 Å². The molecule has 1 unspecified atom stereocenters. The minimum Gasteiger partial charge on any atom is -0.481 e. The number of benzene rings is 1. The number of aromatic nitrogens is 2. The molecule has 0 amide bonds. The van der Waals surface area contributed by atoms with Crippen LogP contribution in [0.4, 0.5) is 0 Å². The van der Waals surface area contributed by atoms with E-state index in [1.807, 2.05) is 0 Å². The second-order valence-corrected chi connectivity index (χ2v) is 8.32. The Bertz CT molecular complexity index is 928. The Kier molecular flexibility index (Phi) is 6.34. The van der Waals surface area contributed by atoms with Gasteiger partial charge in [0, 0.05) is 12.8 Å². The van der Waals surface area contributed by atoms with Gasteiger partial charge in [-0.1, -0.05) is 19.4 Å². The van der Waals surface area contributed by atoms with E-state index < -0.39 is 23.5 Å². The van der Waals surface area contributed by atoms with E-state index >= 15 is 0 Å². The van der Waals surface area contributed by atoms with Gasteiger partial charge in [-0.25, -0.2) is 9.78 Å². The normalized spacial score (nSPS) is 13.9. The van der Waals surface area contributed by atoms with Crippen LogP contribution in [0.3, 0.4) is 0 Å². The first-order valence-corrected chi connectivity index (χ1v) is 10.1. The quantitative estimate of drug-likeness (QED) is 0.629. The molecule has 0 radical (unpaired) electrons. The molecule has 162 valence electrons. The summed E-state index contributed by atoms with van der Waals surface area (Å²) >= 11 is 0. The van der Waals surface area contributed by atoms with Gasteiger partial charge >= 0.3 is 11.9 Å². The first-order chi connectivity index (χ1) is 14.2. The Morgan fingerprint density at radius 2 is 2.00 bits per heavy atom. The number of fused-ring (bicyclic) bond motifs is 1. The molecule has 1 aromatic carbocycles. The van der Waals surface area contributed by atoms with Crippen LogP contribution < -0.4 is 9.47 Å². The van der Waals surface area contributed by atoms with Gasteiger partial charge in [0.05, 0.1) is 11.6 Å². The van der Waals surface area contributed by atoms with Crippen molar-refractivity contribution in [2.45, 2.75) is 64.9 Å². The second-order valence-electron chi connectivity index (χ2n) is 8.32. The van der Waals surface area contributed by atoms with E-state index in [4.69, 9.17) is 14.2 Å². The van der Waals surface area contributed by atoms with Crippen LogP contribution in [0.15, 0.2) is 18.2 Å². The summed E-state index contributed by atoms with van der Waals surface area (Å²) in [5.74, 6) is -0.706. The summed E-state index contributed by atoms with van der Waals surface area (Å²) in [5.41, 5.74) is 0.482. The maximum atomic E-state index is 12.7. The zero-order valence-electron chi connectivity index (χ0n) is 17.8. The van der Waals surface area contributed by atoms with Crippen molar-refractivity contribution >= 4 is 11.9 Å². The van der Waals surface area contributed by atoms with Crippen molar-refractivity contribution in [2.24, 2.45) is 0 Å². The fourth-order valence-electron chi connectivity index (χ4n) is 3.25. The van der Waals surface area contributed by atoms with E-state index in [1.165, 1.54) is 0 Å². The van der Waals surface area contributed by atoms with Crippen molar-refractivity contribution < 1.29 is 28.9 Å². The third-order valence-electron chi connectivity index (χ3n) is 4.69. The number of rotatable bonds is 8. The van der Waals surface area contributed by atoms with E-state index in [2.05, 4.69) is 16.9 Å². The summed E-state index contributed by atoms with van der Waals surface area (Å²) in [7, 11) is 0. The minimum absolute atomic E-state index is 0.0721. The van der Waals surface area contributed by atoms with Crippen LogP contribution in [-0.4, -0.2) is 39.4 Å². The first-order valence-electron chi connectivity index (χ1n) is 10.1. The van der Waals surface area contributed by atoms with Gasteiger partial charge in [0.15, 0.2) is 17.2 Å². The molecule has 0 aliphatic carbocycles. The van der Waals surface area contributed by atoms with E-state index in [9.17, 15) is 14.7 Å². The van der Waals surface area contributed by atoms with Crippen LogP contribution >= 0.6 is 0 Å². The molecule has 0 bridgehead atoms. The smallest absolute Gasteiger partial charge is 0.359 e. The molecule has 2 N–H and O–H groups in total. The van der Waals surface area contributed by atoms with Crippen molar-refractivity contribution in [3.8, 4) is 11.5 Å². The minimum atomic E-state index is -1.01. The lowest BCUT2D eigenvalue weighted by Gasteiger charge is -2.19.